The first-order valence-electron chi connectivity index (χ1n) is 9.82. The van der Waals surface area contributed by atoms with Crippen LogP contribution in [-0.4, -0.2) is 31.0 Å². The van der Waals surface area contributed by atoms with Crippen LogP contribution in [0.3, 0.4) is 0 Å². The largest absolute Gasteiger partial charge is 0.497 e. The number of likely N-dealkylation sites (tertiary alicyclic amines) is 1. The fraction of sp³-hybridized carbons (Fsp3) is 0.435. The molecule has 1 aliphatic rings. The van der Waals surface area contributed by atoms with Crippen LogP contribution in [0.4, 0.5) is 0 Å². The maximum absolute atomic E-state index is 12.2. The van der Waals surface area contributed by atoms with Crippen molar-refractivity contribution in [2.24, 2.45) is 5.92 Å². The highest BCUT2D eigenvalue weighted by Crippen LogP contribution is 2.18. The Hall–Kier alpha value is -2.33. The SMILES string of the molecule is COc1ccc(CC(=O)NCc2ccc(CN3CCC[C@H](C)C3)cc2)cc1. The average molecular weight is 367 g/mol. The molecule has 0 radical (unpaired) electrons. The minimum atomic E-state index is 0.0338. The summed E-state index contributed by atoms with van der Waals surface area (Å²) in [5.74, 6) is 1.64. The molecule has 27 heavy (non-hydrogen) atoms. The molecular weight excluding hydrogens is 336 g/mol. The molecule has 1 amide bonds. The molecule has 0 unspecified atom stereocenters. The minimum absolute atomic E-state index is 0.0338. The second-order valence-electron chi connectivity index (χ2n) is 7.60. The Balaban J connectivity index is 1.44. The second-order valence-corrected chi connectivity index (χ2v) is 7.60. The van der Waals surface area contributed by atoms with Crippen LogP contribution in [0.2, 0.25) is 0 Å². The van der Waals surface area contributed by atoms with Crippen molar-refractivity contribution in [3.8, 4) is 5.75 Å². The number of piperidine rings is 1. The molecule has 1 heterocycles. The molecule has 1 atom stereocenters. The Bertz CT molecular complexity index is 725. The van der Waals surface area contributed by atoms with Crippen molar-refractivity contribution in [1.82, 2.24) is 10.2 Å². The van der Waals surface area contributed by atoms with Crippen LogP contribution < -0.4 is 10.1 Å². The van der Waals surface area contributed by atoms with Crippen molar-refractivity contribution in [2.45, 2.75) is 39.3 Å². The monoisotopic (exact) mass is 366 g/mol. The highest BCUT2D eigenvalue weighted by Gasteiger charge is 2.16. The molecule has 0 spiro atoms. The summed E-state index contributed by atoms with van der Waals surface area (Å²) in [5.41, 5.74) is 3.46. The Morgan fingerprint density at radius 3 is 2.41 bits per heavy atom. The first kappa shape index (κ1) is 19.4. The van der Waals surface area contributed by atoms with Gasteiger partial charge < -0.3 is 10.1 Å². The maximum atomic E-state index is 12.2. The van der Waals surface area contributed by atoms with Gasteiger partial charge in [0, 0.05) is 19.6 Å². The molecule has 0 aromatic heterocycles. The van der Waals surface area contributed by atoms with E-state index in [1.165, 1.54) is 31.5 Å². The molecule has 4 nitrogen and oxygen atoms in total. The van der Waals surface area contributed by atoms with Crippen LogP contribution >= 0.6 is 0 Å². The summed E-state index contributed by atoms with van der Waals surface area (Å²) >= 11 is 0. The van der Waals surface area contributed by atoms with Gasteiger partial charge in [0.05, 0.1) is 13.5 Å². The summed E-state index contributed by atoms with van der Waals surface area (Å²) in [6.45, 7) is 6.32. The molecule has 2 aromatic rings. The zero-order chi connectivity index (χ0) is 19.1. The van der Waals surface area contributed by atoms with Crippen LogP contribution in [0.15, 0.2) is 48.5 Å². The predicted molar refractivity (Wildman–Crippen MR) is 109 cm³/mol. The van der Waals surface area contributed by atoms with Gasteiger partial charge in [-0.2, -0.15) is 0 Å². The lowest BCUT2D eigenvalue weighted by Crippen LogP contribution is -2.33. The molecular formula is C23H30N2O2. The highest BCUT2D eigenvalue weighted by molar-refractivity contribution is 5.78. The van der Waals surface area contributed by atoms with Crippen LogP contribution in [0.5, 0.6) is 5.75 Å². The Labute approximate surface area is 162 Å². The number of hydrogen-bond acceptors (Lipinski definition) is 3. The first-order chi connectivity index (χ1) is 13.1. The molecule has 0 aliphatic carbocycles. The maximum Gasteiger partial charge on any atom is 0.224 e. The van der Waals surface area contributed by atoms with Crippen molar-refractivity contribution in [3.63, 3.8) is 0 Å². The average Bonchev–Trinajstić information content (AvgIpc) is 2.68. The van der Waals surface area contributed by atoms with Gasteiger partial charge >= 0.3 is 0 Å². The Morgan fingerprint density at radius 2 is 1.74 bits per heavy atom. The molecule has 3 rings (SSSR count). The smallest absolute Gasteiger partial charge is 0.224 e. The van der Waals surface area contributed by atoms with E-state index < -0.39 is 0 Å². The standard InChI is InChI=1S/C23H30N2O2/c1-18-4-3-13-25(16-18)17-21-7-5-20(6-8-21)15-24-23(26)14-19-9-11-22(27-2)12-10-19/h5-12,18H,3-4,13-17H2,1-2H3,(H,24,26)/t18-/m0/s1. The summed E-state index contributed by atoms with van der Waals surface area (Å²) in [6.07, 6.45) is 3.04. The van der Waals surface area contributed by atoms with Gasteiger partial charge in [-0.15, -0.1) is 0 Å². The number of carbonyl (C=O) groups is 1. The van der Waals surface area contributed by atoms with Crippen LogP contribution in [-0.2, 0) is 24.3 Å². The quantitative estimate of drug-likeness (QED) is 0.811. The number of nitrogens with one attached hydrogen (secondary N) is 1. The van der Waals surface area contributed by atoms with Crippen LogP contribution in [0.25, 0.3) is 0 Å². The Morgan fingerprint density at radius 1 is 1.07 bits per heavy atom. The van der Waals surface area contributed by atoms with Gasteiger partial charge in [0.25, 0.3) is 0 Å². The van der Waals surface area contributed by atoms with Crippen molar-refractivity contribution in [1.29, 1.82) is 0 Å². The van der Waals surface area contributed by atoms with Gasteiger partial charge in [0.2, 0.25) is 5.91 Å². The van der Waals surface area contributed by atoms with E-state index in [0.717, 1.165) is 29.3 Å². The van der Waals surface area contributed by atoms with Crippen molar-refractivity contribution >= 4 is 5.91 Å². The van der Waals surface area contributed by atoms with E-state index >= 15 is 0 Å². The van der Waals surface area contributed by atoms with Crippen LogP contribution in [0.1, 0.15) is 36.5 Å². The normalized spacial score (nSPS) is 17.5. The zero-order valence-electron chi connectivity index (χ0n) is 16.4. The van der Waals surface area contributed by atoms with E-state index in [1.54, 1.807) is 7.11 Å². The third kappa shape index (κ3) is 6.10. The lowest BCUT2D eigenvalue weighted by atomic mass is 9.99. The number of nitrogens with zero attached hydrogens (tertiary/aromatic N) is 1. The van der Waals surface area contributed by atoms with E-state index in [0.29, 0.717) is 13.0 Å². The molecule has 1 aliphatic heterocycles. The predicted octanol–water partition coefficient (Wildman–Crippen LogP) is 3.79. The fourth-order valence-electron chi connectivity index (χ4n) is 3.64. The molecule has 1 N–H and O–H groups in total. The van der Waals surface area contributed by atoms with E-state index in [-0.39, 0.29) is 5.91 Å². The number of hydrogen-bond donors (Lipinski definition) is 1. The van der Waals surface area contributed by atoms with Crippen molar-refractivity contribution in [2.75, 3.05) is 20.2 Å². The fourth-order valence-corrected chi connectivity index (χ4v) is 3.64. The molecule has 0 bridgehead atoms. The van der Waals surface area contributed by atoms with Crippen molar-refractivity contribution < 1.29 is 9.53 Å². The van der Waals surface area contributed by atoms with Gasteiger partial charge in [-0.1, -0.05) is 43.3 Å². The van der Waals surface area contributed by atoms with E-state index in [2.05, 4.69) is 41.4 Å². The highest BCUT2D eigenvalue weighted by atomic mass is 16.5. The summed E-state index contributed by atoms with van der Waals surface area (Å²) < 4.78 is 5.14. The van der Waals surface area contributed by atoms with Gasteiger partial charge in [-0.25, -0.2) is 0 Å². The van der Waals surface area contributed by atoms with Crippen LogP contribution in [0, 0.1) is 5.92 Å². The minimum Gasteiger partial charge on any atom is -0.497 e. The number of methoxy groups -OCH3 is 1. The summed E-state index contributed by atoms with van der Waals surface area (Å²) in [6, 6.07) is 16.2. The molecule has 4 heteroatoms. The summed E-state index contributed by atoms with van der Waals surface area (Å²) in [5, 5.41) is 3.00. The van der Waals surface area contributed by atoms with E-state index in [9.17, 15) is 4.79 Å². The number of carbonyl (C=O) groups excluding carboxylic acids is 1. The molecule has 0 saturated carbocycles. The third-order valence-electron chi connectivity index (χ3n) is 5.18. The number of ether oxygens (including phenoxy) is 1. The molecule has 1 fully saturated rings. The molecule has 2 aromatic carbocycles. The number of amides is 1. The van der Waals surface area contributed by atoms with Crippen molar-refractivity contribution in [3.05, 3.63) is 65.2 Å². The van der Waals surface area contributed by atoms with E-state index in [4.69, 9.17) is 4.74 Å². The lowest BCUT2D eigenvalue weighted by Gasteiger charge is -2.30. The topological polar surface area (TPSA) is 41.6 Å². The summed E-state index contributed by atoms with van der Waals surface area (Å²) in [7, 11) is 1.64. The van der Waals surface area contributed by atoms with E-state index in [1.807, 2.05) is 24.3 Å². The number of benzene rings is 2. The van der Waals surface area contributed by atoms with Gasteiger partial charge in [0.1, 0.15) is 5.75 Å². The summed E-state index contributed by atoms with van der Waals surface area (Å²) in [4.78, 5) is 14.7. The third-order valence-corrected chi connectivity index (χ3v) is 5.18. The first-order valence-corrected chi connectivity index (χ1v) is 9.82. The number of rotatable bonds is 7. The molecule has 1 saturated heterocycles. The zero-order valence-corrected chi connectivity index (χ0v) is 16.4. The molecule has 144 valence electrons. The van der Waals surface area contributed by atoms with Gasteiger partial charge in [0.15, 0.2) is 0 Å². The van der Waals surface area contributed by atoms with Gasteiger partial charge in [-0.05, 0) is 54.1 Å². The Kier molecular flexibility index (Phi) is 6.88. The lowest BCUT2D eigenvalue weighted by molar-refractivity contribution is -0.120. The second kappa shape index (κ2) is 9.56. The van der Waals surface area contributed by atoms with Gasteiger partial charge in [-0.3, -0.25) is 9.69 Å².